The van der Waals surface area contributed by atoms with Crippen molar-refractivity contribution in [2.45, 2.75) is 52.0 Å². The molecule has 2 nitrogen and oxygen atoms in total. The molecule has 1 saturated heterocycles. The Bertz CT molecular complexity index is 225. The van der Waals surface area contributed by atoms with Crippen molar-refractivity contribution in [1.29, 1.82) is 0 Å². The molecule has 2 heteroatoms. The number of nitrogens with zero attached hydrogens (tertiary/aromatic N) is 1. The van der Waals surface area contributed by atoms with Crippen molar-refractivity contribution >= 4 is 0 Å². The summed E-state index contributed by atoms with van der Waals surface area (Å²) in [4.78, 5) is 2.59. The van der Waals surface area contributed by atoms with Crippen LogP contribution in [0, 0.1) is 11.3 Å². The second-order valence-electron chi connectivity index (χ2n) is 6.80. The Labute approximate surface area is 94.2 Å². The van der Waals surface area contributed by atoms with Crippen molar-refractivity contribution < 1.29 is 0 Å². The number of rotatable bonds is 2. The Hall–Kier alpha value is -0.0800. The molecule has 1 saturated carbocycles. The molecule has 88 valence electrons. The second kappa shape index (κ2) is 3.74. The average Bonchev–Trinajstić information content (AvgIpc) is 2.49. The molecule has 0 spiro atoms. The van der Waals surface area contributed by atoms with Gasteiger partial charge in [-0.05, 0) is 43.6 Å². The molecule has 1 aliphatic carbocycles. The zero-order valence-corrected chi connectivity index (χ0v) is 10.6. The molecule has 1 atom stereocenters. The number of nitrogens with two attached hydrogens (primary N) is 1. The topological polar surface area (TPSA) is 29.3 Å². The minimum Gasteiger partial charge on any atom is -0.324 e. The van der Waals surface area contributed by atoms with E-state index in [1.807, 2.05) is 0 Å². The smallest absolute Gasteiger partial charge is 0.0283 e. The van der Waals surface area contributed by atoms with Gasteiger partial charge in [0.2, 0.25) is 0 Å². The van der Waals surface area contributed by atoms with Crippen LogP contribution in [0.2, 0.25) is 0 Å². The molecular formula is C13H26N2. The van der Waals surface area contributed by atoms with E-state index in [4.69, 9.17) is 5.73 Å². The summed E-state index contributed by atoms with van der Waals surface area (Å²) in [5.74, 6) is 0.862. The van der Waals surface area contributed by atoms with Crippen LogP contribution in [0.5, 0.6) is 0 Å². The Morgan fingerprint density at radius 1 is 1.33 bits per heavy atom. The standard InChI is InChI=1S/C13H26N2/c1-12(2,3)11-5-8-15(9-11)10-13(14)6-4-7-13/h11H,4-10,14H2,1-3H3. The molecule has 2 aliphatic rings. The third-order valence-corrected chi connectivity index (χ3v) is 4.38. The van der Waals surface area contributed by atoms with Crippen LogP contribution in [0.4, 0.5) is 0 Å². The Morgan fingerprint density at radius 2 is 2.00 bits per heavy atom. The van der Waals surface area contributed by atoms with Gasteiger partial charge < -0.3 is 10.6 Å². The summed E-state index contributed by atoms with van der Waals surface area (Å²) in [6.45, 7) is 10.8. The van der Waals surface area contributed by atoms with Crippen molar-refractivity contribution in [2.75, 3.05) is 19.6 Å². The highest BCUT2D eigenvalue weighted by atomic mass is 15.2. The molecule has 1 aliphatic heterocycles. The molecule has 1 unspecified atom stereocenters. The minimum atomic E-state index is 0.173. The fourth-order valence-corrected chi connectivity index (χ4v) is 2.92. The lowest BCUT2D eigenvalue weighted by Gasteiger charge is -2.41. The zero-order valence-electron chi connectivity index (χ0n) is 10.6. The maximum atomic E-state index is 6.30. The Balaban J connectivity index is 1.82. The van der Waals surface area contributed by atoms with E-state index in [1.54, 1.807) is 0 Å². The predicted octanol–water partition coefficient (Wildman–Crippen LogP) is 2.24. The van der Waals surface area contributed by atoms with Gasteiger partial charge in [0.15, 0.2) is 0 Å². The largest absolute Gasteiger partial charge is 0.324 e. The summed E-state index contributed by atoms with van der Waals surface area (Å²) in [6, 6.07) is 0. The van der Waals surface area contributed by atoms with E-state index < -0.39 is 0 Å². The van der Waals surface area contributed by atoms with E-state index in [1.165, 1.54) is 38.8 Å². The number of likely N-dealkylation sites (tertiary alicyclic amines) is 1. The lowest BCUT2D eigenvalue weighted by Crippen LogP contribution is -2.54. The Morgan fingerprint density at radius 3 is 2.40 bits per heavy atom. The first-order chi connectivity index (χ1) is 6.89. The molecule has 0 bridgehead atoms. The zero-order chi connectivity index (χ0) is 11.1. The molecule has 0 aromatic rings. The van der Waals surface area contributed by atoms with Crippen molar-refractivity contribution in [3.63, 3.8) is 0 Å². The van der Waals surface area contributed by atoms with Crippen LogP contribution in [0.3, 0.4) is 0 Å². The maximum Gasteiger partial charge on any atom is 0.0283 e. The van der Waals surface area contributed by atoms with Gasteiger partial charge in [0, 0.05) is 18.6 Å². The van der Waals surface area contributed by atoms with E-state index >= 15 is 0 Å². The molecule has 15 heavy (non-hydrogen) atoms. The van der Waals surface area contributed by atoms with Gasteiger partial charge in [-0.15, -0.1) is 0 Å². The third kappa shape index (κ3) is 2.54. The average molecular weight is 210 g/mol. The monoisotopic (exact) mass is 210 g/mol. The quantitative estimate of drug-likeness (QED) is 0.757. The van der Waals surface area contributed by atoms with Crippen LogP contribution in [-0.4, -0.2) is 30.1 Å². The van der Waals surface area contributed by atoms with Gasteiger partial charge in [-0.1, -0.05) is 20.8 Å². The molecule has 0 amide bonds. The molecule has 2 N–H and O–H groups in total. The highest BCUT2D eigenvalue weighted by molar-refractivity contribution is 4.97. The third-order valence-electron chi connectivity index (χ3n) is 4.38. The van der Waals surface area contributed by atoms with Crippen LogP contribution in [0.1, 0.15) is 46.5 Å². The van der Waals surface area contributed by atoms with E-state index in [-0.39, 0.29) is 5.54 Å². The number of hydrogen-bond acceptors (Lipinski definition) is 2. The molecule has 1 heterocycles. The lowest BCUT2D eigenvalue weighted by atomic mass is 9.77. The van der Waals surface area contributed by atoms with Gasteiger partial charge in [-0.3, -0.25) is 0 Å². The summed E-state index contributed by atoms with van der Waals surface area (Å²) in [5, 5.41) is 0. The highest BCUT2D eigenvalue weighted by Gasteiger charge is 2.38. The molecule has 0 aromatic carbocycles. The molecule has 0 aromatic heterocycles. The predicted molar refractivity (Wildman–Crippen MR) is 64.8 cm³/mol. The SMILES string of the molecule is CC(C)(C)C1CCN(CC2(N)CCC2)C1. The first-order valence-corrected chi connectivity index (χ1v) is 6.40. The van der Waals surface area contributed by atoms with Crippen molar-refractivity contribution in [1.82, 2.24) is 4.90 Å². The van der Waals surface area contributed by atoms with Crippen molar-refractivity contribution in [3.05, 3.63) is 0 Å². The van der Waals surface area contributed by atoms with Gasteiger partial charge >= 0.3 is 0 Å². The first kappa shape index (κ1) is 11.4. The van der Waals surface area contributed by atoms with Crippen LogP contribution in [0.25, 0.3) is 0 Å². The van der Waals surface area contributed by atoms with E-state index in [9.17, 15) is 0 Å². The van der Waals surface area contributed by atoms with Gasteiger partial charge in [-0.25, -0.2) is 0 Å². The van der Waals surface area contributed by atoms with Crippen LogP contribution in [-0.2, 0) is 0 Å². The van der Waals surface area contributed by atoms with E-state index in [0.29, 0.717) is 5.41 Å². The van der Waals surface area contributed by atoms with Crippen molar-refractivity contribution in [2.24, 2.45) is 17.1 Å². The molecular weight excluding hydrogens is 184 g/mol. The normalized spacial score (nSPS) is 31.6. The Kier molecular flexibility index (Phi) is 2.85. The van der Waals surface area contributed by atoms with E-state index in [0.717, 1.165) is 12.5 Å². The second-order valence-corrected chi connectivity index (χ2v) is 6.80. The first-order valence-electron chi connectivity index (χ1n) is 6.40. The fourth-order valence-electron chi connectivity index (χ4n) is 2.92. The van der Waals surface area contributed by atoms with Crippen LogP contribution in [0.15, 0.2) is 0 Å². The molecule has 0 radical (unpaired) electrons. The van der Waals surface area contributed by atoms with Crippen LogP contribution < -0.4 is 5.73 Å². The van der Waals surface area contributed by atoms with Gasteiger partial charge in [0.1, 0.15) is 0 Å². The number of hydrogen-bond donors (Lipinski definition) is 1. The molecule has 2 rings (SSSR count). The summed E-state index contributed by atoms with van der Waals surface area (Å²) in [5.41, 5.74) is 6.94. The van der Waals surface area contributed by atoms with Gasteiger partial charge in [-0.2, -0.15) is 0 Å². The highest BCUT2D eigenvalue weighted by Crippen LogP contribution is 2.36. The van der Waals surface area contributed by atoms with Crippen LogP contribution >= 0.6 is 0 Å². The van der Waals surface area contributed by atoms with Crippen molar-refractivity contribution in [3.8, 4) is 0 Å². The van der Waals surface area contributed by atoms with Gasteiger partial charge in [0.05, 0.1) is 0 Å². The minimum absolute atomic E-state index is 0.173. The fraction of sp³-hybridized carbons (Fsp3) is 1.00. The summed E-state index contributed by atoms with van der Waals surface area (Å²) in [7, 11) is 0. The lowest BCUT2D eigenvalue weighted by molar-refractivity contribution is 0.151. The summed E-state index contributed by atoms with van der Waals surface area (Å²) in [6.07, 6.45) is 5.18. The van der Waals surface area contributed by atoms with E-state index in [2.05, 4.69) is 25.7 Å². The summed E-state index contributed by atoms with van der Waals surface area (Å²) >= 11 is 0. The molecule has 2 fully saturated rings. The van der Waals surface area contributed by atoms with Gasteiger partial charge in [0.25, 0.3) is 0 Å². The maximum absolute atomic E-state index is 6.30. The summed E-state index contributed by atoms with van der Waals surface area (Å²) < 4.78 is 0.